The zero-order valence-corrected chi connectivity index (χ0v) is 18.7. The molecule has 0 spiro atoms. The van der Waals surface area contributed by atoms with Crippen molar-refractivity contribution in [2.45, 2.75) is 13.8 Å². The molecule has 0 bridgehead atoms. The number of hydrogen-bond acceptors (Lipinski definition) is 4. The van der Waals surface area contributed by atoms with E-state index in [1.54, 1.807) is 41.1 Å². The molecule has 168 valence electrons. The van der Waals surface area contributed by atoms with Crippen LogP contribution in [0.2, 0.25) is 0 Å². The second-order valence-corrected chi connectivity index (χ2v) is 7.93. The zero-order chi connectivity index (χ0) is 23.7. The van der Waals surface area contributed by atoms with E-state index in [-0.39, 0.29) is 17.6 Å². The highest BCUT2D eigenvalue weighted by Gasteiger charge is 2.17. The number of nitrogens with one attached hydrogen (secondary N) is 2. The van der Waals surface area contributed by atoms with Gasteiger partial charge in [-0.25, -0.2) is 4.68 Å². The highest BCUT2D eigenvalue weighted by atomic mass is 16.3. The number of para-hydroxylation sites is 2. The molecule has 7 heteroatoms. The predicted octanol–water partition coefficient (Wildman–Crippen LogP) is 5.74. The highest BCUT2D eigenvalue weighted by molar-refractivity contribution is 6.07. The van der Waals surface area contributed by atoms with E-state index in [0.717, 1.165) is 16.8 Å². The lowest BCUT2D eigenvalue weighted by atomic mass is 10.1. The van der Waals surface area contributed by atoms with Gasteiger partial charge in [-0.3, -0.25) is 9.59 Å². The topological polar surface area (TPSA) is 89.2 Å². The molecule has 0 saturated carbocycles. The van der Waals surface area contributed by atoms with Gasteiger partial charge in [-0.1, -0.05) is 42.5 Å². The van der Waals surface area contributed by atoms with E-state index in [0.29, 0.717) is 28.2 Å². The smallest absolute Gasteiger partial charge is 0.291 e. The van der Waals surface area contributed by atoms with Gasteiger partial charge in [0, 0.05) is 16.6 Å². The first-order chi connectivity index (χ1) is 16.5. The molecule has 2 aromatic heterocycles. The summed E-state index contributed by atoms with van der Waals surface area (Å²) in [6, 6.07) is 25.6. The van der Waals surface area contributed by atoms with Crippen LogP contribution in [0.1, 0.15) is 32.3 Å². The van der Waals surface area contributed by atoms with Crippen molar-refractivity contribution in [2.75, 3.05) is 10.6 Å². The molecule has 0 aliphatic rings. The summed E-state index contributed by atoms with van der Waals surface area (Å²) in [6.07, 6.45) is 0. The van der Waals surface area contributed by atoms with Gasteiger partial charge in [-0.05, 0) is 56.3 Å². The Bertz CT molecular complexity index is 1480. The number of furan rings is 1. The minimum Gasteiger partial charge on any atom is -0.451 e. The average molecular weight is 450 g/mol. The third kappa shape index (κ3) is 4.06. The molecule has 0 unspecified atom stereocenters. The number of hydrogen-bond donors (Lipinski definition) is 2. The fourth-order valence-corrected chi connectivity index (χ4v) is 3.85. The number of fused-ring (bicyclic) bond motifs is 1. The lowest BCUT2D eigenvalue weighted by Gasteiger charge is -2.09. The van der Waals surface area contributed by atoms with Crippen molar-refractivity contribution < 1.29 is 14.0 Å². The largest absolute Gasteiger partial charge is 0.451 e. The van der Waals surface area contributed by atoms with E-state index in [1.807, 2.05) is 62.4 Å². The molecule has 0 aliphatic heterocycles. The maximum absolute atomic E-state index is 13.0. The highest BCUT2D eigenvalue weighted by Crippen LogP contribution is 2.24. The molecule has 34 heavy (non-hydrogen) atoms. The number of benzene rings is 3. The first kappa shape index (κ1) is 21.2. The number of nitrogens with zero attached hydrogens (tertiary/aromatic N) is 2. The first-order valence-electron chi connectivity index (χ1n) is 10.8. The van der Waals surface area contributed by atoms with Crippen LogP contribution in [-0.4, -0.2) is 21.6 Å². The van der Waals surface area contributed by atoms with Gasteiger partial charge in [0.1, 0.15) is 5.58 Å². The molecule has 0 fully saturated rings. The minimum atomic E-state index is -0.385. The second kappa shape index (κ2) is 8.71. The summed E-state index contributed by atoms with van der Waals surface area (Å²) in [7, 11) is 0. The van der Waals surface area contributed by atoms with Crippen LogP contribution in [0.4, 0.5) is 11.4 Å². The molecule has 5 aromatic rings. The van der Waals surface area contributed by atoms with Gasteiger partial charge in [0.2, 0.25) is 0 Å². The van der Waals surface area contributed by atoms with Gasteiger partial charge < -0.3 is 15.1 Å². The van der Waals surface area contributed by atoms with Gasteiger partial charge in [-0.15, -0.1) is 0 Å². The molecule has 2 amide bonds. The van der Waals surface area contributed by atoms with Gasteiger partial charge in [0.25, 0.3) is 11.8 Å². The summed E-state index contributed by atoms with van der Waals surface area (Å²) < 4.78 is 7.42. The van der Waals surface area contributed by atoms with Crippen molar-refractivity contribution in [3.8, 4) is 5.69 Å². The predicted molar refractivity (Wildman–Crippen MR) is 132 cm³/mol. The number of carbonyl (C=O) groups excluding carboxylic acids is 2. The number of aromatic nitrogens is 2. The Balaban J connectivity index is 1.34. The average Bonchev–Trinajstić information content (AvgIpc) is 3.41. The lowest BCUT2D eigenvalue weighted by molar-refractivity contribution is 0.0995. The standard InChI is InChI=1S/C27H22N4O3/c1-17-25(18(2)31(30-17)22-12-4-3-5-13-22)29-26(32)20-10-8-11-21(15-20)28-27(33)24-16-19-9-6-7-14-23(19)34-24/h3-16H,1-2H3,(H,28,33)(H,29,32). The molecular weight excluding hydrogens is 428 g/mol. The zero-order valence-electron chi connectivity index (χ0n) is 18.7. The number of rotatable bonds is 5. The number of carbonyl (C=O) groups is 2. The summed E-state index contributed by atoms with van der Waals surface area (Å²) in [4.78, 5) is 25.7. The SMILES string of the molecule is Cc1nn(-c2ccccc2)c(C)c1NC(=O)c1cccc(NC(=O)c2cc3ccccc3o2)c1. The number of aryl methyl sites for hydroxylation is 1. The van der Waals surface area contributed by atoms with E-state index in [1.165, 1.54) is 0 Å². The van der Waals surface area contributed by atoms with Gasteiger partial charge in [0.05, 0.1) is 22.8 Å². The van der Waals surface area contributed by atoms with E-state index in [2.05, 4.69) is 15.7 Å². The van der Waals surface area contributed by atoms with Crippen LogP contribution >= 0.6 is 0 Å². The Morgan fingerprint density at radius 2 is 1.59 bits per heavy atom. The van der Waals surface area contributed by atoms with Crippen molar-refractivity contribution >= 4 is 34.2 Å². The summed E-state index contributed by atoms with van der Waals surface area (Å²) in [5, 5.41) is 11.2. The van der Waals surface area contributed by atoms with Crippen LogP contribution in [0.3, 0.4) is 0 Å². The Morgan fingerprint density at radius 3 is 2.38 bits per heavy atom. The third-order valence-corrected chi connectivity index (χ3v) is 5.56. The molecule has 0 aliphatic carbocycles. The second-order valence-electron chi connectivity index (χ2n) is 7.93. The molecule has 3 aromatic carbocycles. The fraction of sp³-hybridized carbons (Fsp3) is 0.0741. The minimum absolute atomic E-state index is 0.204. The van der Waals surface area contributed by atoms with Crippen LogP contribution in [0, 0.1) is 13.8 Å². The molecule has 0 saturated heterocycles. The van der Waals surface area contributed by atoms with E-state index in [4.69, 9.17) is 4.42 Å². The maximum Gasteiger partial charge on any atom is 0.291 e. The van der Waals surface area contributed by atoms with Gasteiger partial charge in [0.15, 0.2) is 5.76 Å². The molecule has 0 atom stereocenters. The Morgan fingerprint density at radius 1 is 0.824 bits per heavy atom. The molecular formula is C27H22N4O3. The van der Waals surface area contributed by atoms with Crippen LogP contribution in [0.5, 0.6) is 0 Å². The maximum atomic E-state index is 13.0. The van der Waals surface area contributed by atoms with Crippen LogP contribution in [0.15, 0.2) is 89.3 Å². The normalized spacial score (nSPS) is 10.9. The number of anilines is 2. The van der Waals surface area contributed by atoms with Crippen molar-refractivity contribution in [1.82, 2.24) is 9.78 Å². The Labute approximate surface area is 196 Å². The van der Waals surface area contributed by atoms with E-state index in [9.17, 15) is 9.59 Å². The fourth-order valence-electron chi connectivity index (χ4n) is 3.85. The molecule has 2 N–H and O–H groups in total. The van der Waals surface area contributed by atoms with Gasteiger partial charge in [-0.2, -0.15) is 5.10 Å². The van der Waals surface area contributed by atoms with Crippen molar-refractivity contribution in [2.24, 2.45) is 0 Å². The number of amides is 2. The molecule has 7 nitrogen and oxygen atoms in total. The Hall–Kier alpha value is -4.65. The monoisotopic (exact) mass is 450 g/mol. The van der Waals surface area contributed by atoms with E-state index >= 15 is 0 Å². The third-order valence-electron chi connectivity index (χ3n) is 5.56. The van der Waals surface area contributed by atoms with Crippen molar-refractivity contribution in [1.29, 1.82) is 0 Å². The van der Waals surface area contributed by atoms with Crippen LogP contribution in [0.25, 0.3) is 16.7 Å². The lowest BCUT2D eigenvalue weighted by Crippen LogP contribution is -2.15. The van der Waals surface area contributed by atoms with Crippen molar-refractivity contribution in [3.63, 3.8) is 0 Å². The summed E-state index contributed by atoms with van der Waals surface area (Å²) in [5.41, 5.74) is 4.66. The summed E-state index contributed by atoms with van der Waals surface area (Å²) >= 11 is 0. The summed E-state index contributed by atoms with van der Waals surface area (Å²) in [5.74, 6) is -0.473. The van der Waals surface area contributed by atoms with E-state index < -0.39 is 0 Å². The molecule has 0 radical (unpaired) electrons. The van der Waals surface area contributed by atoms with Crippen LogP contribution in [-0.2, 0) is 0 Å². The van der Waals surface area contributed by atoms with Gasteiger partial charge >= 0.3 is 0 Å². The quantitative estimate of drug-likeness (QED) is 0.357. The molecule has 5 rings (SSSR count). The molecule has 2 heterocycles. The van der Waals surface area contributed by atoms with Crippen molar-refractivity contribution in [3.05, 3.63) is 108 Å². The first-order valence-corrected chi connectivity index (χ1v) is 10.8. The Kier molecular flexibility index (Phi) is 5.43. The van der Waals surface area contributed by atoms with Crippen LogP contribution < -0.4 is 10.6 Å². The summed E-state index contributed by atoms with van der Waals surface area (Å²) in [6.45, 7) is 3.76.